The molecule has 26 heavy (non-hydrogen) atoms. The number of sulfonamides is 1. The second-order valence-corrected chi connectivity index (χ2v) is 9.31. The molecule has 1 saturated heterocycles. The molecule has 0 radical (unpaired) electrons. The van der Waals surface area contributed by atoms with E-state index in [9.17, 15) is 8.42 Å². The third-order valence-corrected chi connectivity index (χ3v) is 7.18. The van der Waals surface area contributed by atoms with Gasteiger partial charge in [-0.3, -0.25) is 0 Å². The molecule has 5 nitrogen and oxygen atoms in total. The van der Waals surface area contributed by atoms with E-state index in [0.29, 0.717) is 42.1 Å². The largest absolute Gasteiger partial charge is 0.382 e. The quantitative estimate of drug-likeness (QED) is 0.872. The minimum atomic E-state index is -3.46. The summed E-state index contributed by atoms with van der Waals surface area (Å²) in [4.78, 5) is 2.56. The Kier molecular flexibility index (Phi) is 4.59. The lowest BCUT2D eigenvalue weighted by atomic mass is 10.1. The number of hydrogen-bond donors (Lipinski definition) is 1. The molecule has 0 aromatic heterocycles. The van der Waals surface area contributed by atoms with Gasteiger partial charge < -0.3 is 10.2 Å². The molecule has 2 aromatic rings. The number of fused-ring (bicyclic) bond motifs is 1. The number of benzene rings is 2. The van der Waals surface area contributed by atoms with E-state index in [4.69, 9.17) is 11.6 Å². The molecule has 4 rings (SSSR count). The van der Waals surface area contributed by atoms with Crippen molar-refractivity contribution in [3.05, 3.63) is 53.1 Å². The second kappa shape index (κ2) is 6.76. The van der Waals surface area contributed by atoms with Gasteiger partial charge in [-0.1, -0.05) is 17.7 Å². The standard InChI is InChI=1S/C19H22ClN3O2S/c1-14-11-15-12-18(5-6-19(15)21-14)26(24,25)23-9-7-22(8-10-23)17-4-2-3-16(20)13-17/h2-6,12-14,21H,7-11H2,1H3. The Hall–Kier alpha value is -1.76. The highest BCUT2D eigenvalue weighted by Gasteiger charge is 2.30. The lowest BCUT2D eigenvalue weighted by Crippen LogP contribution is -2.48. The van der Waals surface area contributed by atoms with Crippen LogP contribution in [0.4, 0.5) is 11.4 Å². The van der Waals surface area contributed by atoms with Crippen molar-refractivity contribution in [2.75, 3.05) is 36.4 Å². The minimum Gasteiger partial charge on any atom is -0.382 e. The van der Waals surface area contributed by atoms with E-state index in [1.165, 1.54) is 0 Å². The summed E-state index contributed by atoms with van der Waals surface area (Å²) in [6, 6.07) is 13.5. The SMILES string of the molecule is CC1Cc2cc(S(=O)(=O)N3CCN(c4cccc(Cl)c4)CC3)ccc2N1. The molecule has 2 aliphatic rings. The molecule has 0 amide bonds. The molecule has 1 unspecified atom stereocenters. The Morgan fingerprint density at radius 3 is 2.58 bits per heavy atom. The van der Waals surface area contributed by atoms with E-state index in [1.807, 2.05) is 36.4 Å². The van der Waals surface area contributed by atoms with Crippen LogP contribution in [0.5, 0.6) is 0 Å². The third-order valence-electron chi connectivity index (χ3n) is 5.05. The lowest BCUT2D eigenvalue weighted by Gasteiger charge is -2.35. The van der Waals surface area contributed by atoms with Crippen LogP contribution >= 0.6 is 11.6 Å². The minimum absolute atomic E-state index is 0.351. The number of halogens is 1. The van der Waals surface area contributed by atoms with Crippen molar-refractivity contribution < 1.29 is 8.42 Å². The van der Waals surface area contributed by atoms with Gasteiger partial charge in [0.1, 0.15) is 0 Å². The van der Waals surface area contributed by atoms with Crippen LogP contribution in [-0.2, 0) is 16.4 Å². The van der Waals surface area contributed by atoms with E-state index in [-0.39, 0.29) is 0 Å². The molecule has 2 aromatic carbocycles. The van der Waals surface area contributed by atoms with E-state index in [2.05, 4.69) is 17.1 Å². The van der Waals surface area contributed by atoms with E-state index in [1.54, 1.807) is 10.4 Å². The molecular formula is C19H22ClN3O2S. The first-order valence-electron chi connectivity index (χ1n) is 8.83. The van der Waals surface area contributed by atoms with Crippen molar-refractivity contribution in [3.63, 3.8) is 0 Å². The molecular weight excluding hydrogens is 370 g/mol. The Labute approximate surface area is 159 Å². The summed E-state index contributed by atoms with van der Waals surface area (Å²) >= 11 is 6.06. The van der Waals surface area contributed by atoms with E-state index in [0.717, 1.165) is 23.4 Å². The molecule has 138 valence electrons. The van der Waals surface area contributed by atoms with Gasteiger partial charge >= 0.3 is 0 Å². The summed E-state index contributed by atoms with van der Waals surface area (Å²) in [6.45, 7) is 4.36. The first-order chi connectivity index (χ1) is 12.4. The molecule has 0 spiro atoms. The summed E-state index contributed by atoms with van der Waals surface area (Å²) in [5, 5.41) is 4.05. The topological polar surface area (TPSA) is 52.7 Å². The predicted octanol–water partition coefficient (Wildman–Crippen LogP) is 3.21. The smallest absolute Gasteiger partial charge is 0.243 e. The van der Waals surface area contributed by atoms with Crippen LogP contribution in [0.25, 0.3) is 0 Å². The summed E-state index contributed by atoms with van der Waals surface area (Å²) in [5.41, 5.74) is 3.16. The Balaban J connectivity index is 1.49. The summed E-state index contributed by atoms with van der Waals surface area (Å²) in [7, 11) is -3.46. The molecule has 2 heterocycles. The summed E-state index contributed by atoms with van der Waals surface area (Å²) < 4.78 is 27.6. The number of nitrogens with one attached hydrogen (secondary N) is 1. The Bertz CT molecular complexity index is 924. The van der Waals surface area contributed by atoms with Crippen LogP contribution in [0.2, 0.25) is 5.02 Å². The highest BCUT2D eigenvalue weighted by Crippen LogP contribution is 2.30. The first kappa shape index (κ1) is 17.6. The maximum absolute atomic E-state index is 13.0. The molecule has 1 N–H and O–H groups in total. The zero-order valence-corrected chi connectivity index (χ0v) is 16.2. The Morgan fingerprint density at radius 1 is 1.08 bits per heavy atom. The molecule has 1 atom stereocenters. The fraction of sp³-hybridized carbons (Fsp3) is 0.368. The van der Waals surface area contributed by atoms with Gasteiger partial charge in [-0.15, -0.1) is 0 Å². The molecule has 1 fully saturated rings. The van der Waals surface area contributed by atoms with Crippen molar-refractivity contribution in [3.8, 4) is 0 Å². The van der Waals surface area contributed by atoms with Crippen molar-refractivity contribution in [2.24, 2.45) is 0 Å². The normalized spacial score (nSPS) is 20.7. The monoisotopic (exact) mass is 391 g/mol. The maximum atomic E-state index is 13.0. The van der Waals surface area contributed by atoms with Crippen molar-refractivity contribution in [1.82, 2.24) is 4.31 Å². The number of anilines is 2. The average Bonchev–Trinajstić information content (AvgIpc) is 3.01. The van der Waals surface area contributed by atoms with Crippen molar-refractivity contribution in [1.29, 1.82) is 0 Å². The lowest BCUT2D eigenvalue weighted by molar-refractivity contribution is 0.385. The maximum Gasteiger partial charge on any atom is 0.243 e. The third kappa shape index (κ3) is 3.29. The van der Waals surface area contributed by atoms with Gasteiger partial charge in [0.25, 0.3) is 0 Å². The van der Waals surface area contributed by atoms with Gasteiger partial charge in [0.15, 0.2) is 0 Å². The van der Waals surface area contributed by atoms with Gasteiger partial charge in [0.05, 0.1) is 4.90 Å². The number of nitrogens with zero attached hydrogens (tertiary/aromatic N) is 2. The van der Waals surface area contributed by atoms with Crippen LogP contribution in [0.1, 0.15) is 12.5 Å². The second-order valence-electron chi connectivity index (χ2n) is 6.94. The summed E-state index contributed by atoms with van der Waals surface area (Å²) in [6.07, 6.45) is 0.862. The van der Waals surface area contributed by atoms with Crippen molar-refractivity contribution in [2.45, 2.75) is 24.3 Å². The molecule has 0 bridgehead atoms. The number of hydrogen-bond acceptors (Lipinski definition) is 4. The fourth-order valence-corrected chi connectivity index (χ4v) is 5.35. The van der Waals surface area contributed by atoms with Gasteiger partial charge in [-0.2, -0.15) is 4.31 Å². The molecule has 0 saturated carbocycles. The molecule has 0 aliphatic carbocycles. The van der Waals surface area contributed by atoms with Crippen LogP contribution in [0.15, 0.2) is 47.4 Å². The number of rotatable bonds is 3. The highest BCUT2D eigenvalue weighted by atomic mass is 35.5. The fourth-order valence-electron chi connectivity index (χ4n) is 3.70. The van der Waals surface area contributed by atoms with Crippen molar-refractivity contribution >= 4 is 33.0 Å². The van der Waals surface area contributed by atoms with Gasteiger partial charge in [0.2, 0.25) is 10.0 Å². The zero-order chi connectivity index (χ0) is 18.3. The van der Waals surface area contributed by atoms with E-state index >= 15 is 0 Å². The Morgan fingerprint density at radius 2 is 1.85 bits per heavy atom. The van der Waals surface area contributed by atoms with Gasteiger partial charge in [0, 0.05) is 48.6 Å². The highest BCUT2D eigenvalue weighted by molar-refractivity contribution is 7.89. The first-order valence-corrected chi connectivity index (χ1v) is 10.7. The predicted molar refractivity (Wildman–Crippen MR) is 106 cm³/mol. The summed E-state index contributed by atoms with van der Waals surface area (Å²) in [5.74, 6) is 0. The van der Waals surface area contributed by atoms with Crippen LogP contribution in [-0.4, -0.2) is 44.9 Å². The van der Waals surface area contributed by atoms with Crippen LogP contribution < -0.4 is 10.2 Å². The average molecular weight is 392 g/mol. The van der Waals surface area contributed by atoms with Crippen LogP contribution in [0, 0.1) is 0 Å². The number of piperazine rings is 1. The van der Waals surface area contributed by atoms with Crippen LogP contribution in [0.3, 0.4) is 0 Å². The van der Waals surface area contributed by atoms with E-state index < -0.39 is 10.0 Å². The molecule has 2 aliphatic heterocycles. The van der Waals surface area contributed by atoms with Gasteiger partial charge in [-0.25, -0.2) is 8.42 Å². The zero-order valence-electron chi connectivity index (χ0n) is 14.7. The van der Waals surface area contributed by atoms with Gasteiger partial charge in [-0.05, 0) is 55.3 Å². The molecule has 7 heteroatoms.